The lowest BCUT2D eigenvalue weighted by atomic mass is 10.0. The van der Waals surface area contributed by atoms with Crippen LogP contribution in [0.2, 0.25) is 0 Å². The van der Waals surface area contributed by atoms with Gasteiger partial charge in [-0.15, -0.1) is 0 Å². The predicted octanol–water partition coefficient (Wildman–Crippen LogP) is 2.15. The number of hydrogen-bond acceptors (Lipinski definition) is 6. The van der Waals surface area contributed by atoms with Gasteiger partial charge in [0, 0.05) is 12.1 Å². The first-order valence-corrected chi connectivity index (χ1v) is 11.4. The summed E-state index contributed by atoms with van der Waals surface area (Å²) in [6.07, 6.45) is 2.89. The van der Waals surface area contributed by atoms with Crippen LogP contribution >= 0.6 is 0 Å². The summed E-state index contributed by atoms with van der Waals surface area (Å²) in [7, 11) is -6.99. The second kappa shape index (κ2) is 6.76. The summed E-state index contributed by atoms with van der Waals surface area (Å²) in [5.41, 5.74) is 1.58. The first kappa shape index (κ1) is 18.5. The summed E-state index contributed by atoms with van der Waals surface area (Å²) in [5.74, 6) is 0.456. The molecular formula is C16H19N3O5S2. The Morgan fingerprint density at radius 3 is 2.62 bits per heavy atom. The minimum absolute atomic E-state index is 0.0411. The second-order valence-corrected chi connectivity index (χ2v) is 9.76. The summed E-state index contributed by atoms with van der Waals surface area (Å²) in [6, 6.07) is 9.54. The van der Waals surface area contributed by atoms with E-state index in [1.165, 1.54) is 6.26 Å². The van der Waals surface area contributed by atoms with Crippen molar-refractivity contribution in [1.29, 1.82) is 0 Å². The van der Waals surface area contributed by atoms with Crippen molar-refractivity contribution in [2.24, 2.45) is 5.10 Å². The van der Waals surface area contributed by atoms with Gasteiger partial charge in [-0.25, -0.2) is 16.8 Å². The van der Waals surface area contributed by atoms with Gasteiger partial charge in [-0.3, -0.25) is 4.72 Å². The minimum Gasteiger partial charge on any atom is -0.467 e. The standard InChI is InChI=1S/C16H19N3O5S2/c1-3-26(22,23)18-13-7-4-6-12(10-13)14-11-15(16-8-5-9-24-16)19(17-14)25(2,20)21/h4-10,15,18H,3,11H2,1-2H3. The van der Waals surface area contributed by atoms with Crippen molar-refractivity contribution >= 4 is 31.4 Å². The van der Waals surface area contributed by atoms with Crippen LogP contribution in [0.4, 0.5) is 5.69 Å². The smallest absolute Gasteiger partial charge is 0.247 e. The highest BCUT2D eigenvalue weighted by Gasteiger charge is 2.36. The molecule has 2 heterocycles. The van der Waals surface area contributed by atoms with Crippen LogP contribution in [-0.2, 0) is 20.0 Å². The van der Waals surface area contributed by atoms with Gasteiger partial charge in [-0.2, -0.15) is 9.52 Å². The first-order chi connectivity index (χ1) is 12.2. The largest absolute Gasteiger partial charge is 0.467 e. The molecule has 26 heavy (non-hydrogen) atoms. The molecule has 8 nitrogen and oxygen atoms in total. The zero-order valence-electron chi connectivity index (χ0n) is 14.3. The Morgan fingerprint density at radius 2 is 2.00 bits per heavy atom. The van der Waals surface area contributed by atoms with Gasteiger partial charge >= 0.3 is 0 Å². The van der Waals surface area contributed by atoms with Crippen LogP contribution in [0.25, 0.3) is 0 Å². The Morgan fingerprint density at radius 1 is 1.23 bits per heavy atom. The van der Waals surface area contributed by atoms with E-state index in [0.717, 1.165) is 10.7 Å². The van der Waals surface area contributed by atoms with Gasteiger partial charge in [0.2, 0.25) is 20.0 Å². The Labute approximate surface area is 152 Å². The first-order valence-electron chi connectivity index (χ1n) is 7.91. The van der Waals surface area contributed by atoms with Gasteiger partial charge in [0.15, 0.2) is 0 Å². The van der Waals surface area contributed by atoms with E-state index >= 15 is 0 Å². The van der Waals surface area contributed by atoms with Crippen LogP contribution < -0.4 is 4.72 Å². The normalized spacial score (nSPS) is 18.0. The fourth-order valence-corrected chi connectivity index (χ4v) is 4.19. The molecule has 10 heteroatoms. The summed E-state index contributed by atoms with van der Waals surface area (Å²) in [6.45, 7) is 1.55. The van der Waals surface area contributed by atoms with E-state index in [9.17, 15) is 16.8 Å². The summed E-state index contributed by atoms with van der Waals surface area (Å²) in [5, 5.41) is 4.25. The minimum atomic E-state index is -3.59. The van der Waals surface area contributed by atoms with Gasteiger partial charge in [0.05, 0.1) is 24.0 Å². The molecule has 1 aromatic carbocycles. The van der Waals surface area contributed by atoms with E-state index in [1.54, 1.807) is 43.3 Å². The van der Waals surface area contributed by atoms with Crippen LogP contribution in [0.3, 0.4) is 0 Å². The van der Waals surface area contributed by atoms with Gasteiger partial charge in [-0.05, 0) is 36.8 Å². The van der Waals surface area contributed by atoms with Crippen molar-refractivity contribution in [3.05, 3.63) is 54.0 Å². The monoisotopic (exact) mass is 397 g/mol. The molecule has 1 aliphatic heterocycles. The number of hydrazone groups is 1. The molecule has 1 unspecified atom stereocenters. The van der Waals surface area contributed by atoms with Crippen molar-refractivity contribution < 1.29 is 21.3 Å². The van der Waals surface area contributed by atoms with E-state index in [4.69, 9.17) is 4.42 Å². The van der Waals surface area contributed by atoms with Gasteiger partial charge in [-0.1, -0.05) is 12.1 Å². The average Bonchev–Trinajstić information content (AvgIpc) is 3.23. The van der Waals surface area contributed by atoms with E-state index in [0.29, 0.717) is 29.1 Å². The lowest BCUT2D eigenvalue weighted by Crippen LogP contribution is -2.25. The van der Waals surface area contributed by atoms with E-state index in [1.807, 2.05) is 0 Å². The third-order valence-electron chi connectivity index (χ3n) is 3.93. The quantitative estimate of drug-likeness (QED) is 0.803. The zero-order valence-corrected chi connectivity index (χ0v) is 15.9. The molecule has 0 spiro atoms. The molecule has 1 N–H and O–H groups in total. The number of nitrogens with one attached hydrogen (secondary N) is 1. The molecule has 1 aromatic heterocycles. The Kier molecular flexibility index (Phi) is 4.80. The Bertz CT molecular complexity index is 1030. The molecule has 0 fully saturated rings. The van der Waals surface area contributed by atoms with Crippen LogP contribution in [0.15, 0.2) is 52.2 Å². The molecule has 0 bridgehead atoms. The van der Waals surface area contributed by atoms with Crippen molar-refractivity contribution in [2.45, 2.75) is 19.4 Å². The molecule has 0 aliphatic carbocycles. The molecule has 0 saturated carbocycles. The summed E-state index contributed by atoms with van der Waals surface area (Å²) >= 11 is 0. The number of benzene rings is 1. The zero-order chi connectivity index (χ0) is 18.9. The molecule has 1 aliphatic rings. The maximum absolute atomic E-state index is 12.1. The summed E-state index contributed by atoms with van der Waals surface area (Å²) in [4.78, 5) is 0. The van der Waals surface area contributed by atoms with Gasteiger partial charge < -0.3 is 4.42 Å². The van der Waals surface area contributed by atoms with Crippen LogP contribution in [0.5, 0.6) is 0 Å². The predicted molar refractivity (Wildman–Crippen MR) is 98.8 cm³/mol. The Balaban J connectivity index is 1.94. The van der Waals surface area contributed by atoms with Crippen LogP contribution in [0.1, 0.15) is 30.7 Å². The third-order valence-corrected chi connectivity index (χ3v) is 6.26. The average molecular weight is 397 g/mol. The van der Waals surface area contributed by atoms with Crippen molar-refractivity contribution in [3.63, 3.8) is 0 Å². The third kappa shape index (κ3) is 3.91. The number of anilines is 1. The lowest BCUT2D eigenvalue weighted by Gasteiger charge is -2.18. The SMILES string of the molecule is CCS(=O)(=O)Nc1cccc(C2=NN(S(C)(=O)=O)C(c3ccco3)C2)c1. The van der Waals surface area contributed by atoms with E-state index in [2.05, 4.69) is 9.82 Å². The number of furan rings is 1. The number of nitrogens with zero attached hydrogens (tertiary/aromatic N) is 2. The Hall–Kier alpha value is -2.33. The molecular weight excluding hydrogens is 378 g/mol. The molecule has 2 aromatic rings. The van der Waals surface area contributed by atoms with Gasteiger partial charge in [0.25, 0.3) is 0 Å². The maximum Gasteiger partial charge on any atom is 0.247 e. The van der Waals surface area contributed by atoms with Crippen LogP contribution in [-0.4, -0.2) is 39.0 Å². The fraction of sp³-hybridized carbons (Fsp3) is 0.312. The molecule has 0 saturated heterocycles. The highest BCUT2D eigenvalue weighted by molar-refractivity contribution is 7.92. The molecule has 0 amide bonds. The topological polar surface area (TPSA) is 109 Å². The highest BCUT2D eigenvalue weighted by atomic mass is 32.2. The molecule has 3 rings (SSSR count). The maximum atomic E-state index is 12.1. The van der Waals surface area contributed by atoms with E-state index in [-0.39, 0.29) is 5.75 Å². The molecule has 140 valence electrons. The van der Waals surface area contributed by atoms with Crippen molar-refractivity contribution in [1.82, 2.24) is 4.41 Å². The molecule has 0 radical (unpaired) electrons. The highest BCUT2D eigenvalue weighted by Crippen LogP contribution is 2.35. The number of hydrogen-bond donors (Lipinski definition) is 1. The van der Waals surface area contributed by atoms with Gasteiger partial charge in [0.1, 0.15) is 11.8 Å². The van der Waals surface area contributed by atoms with Crippen molar-refractivity contribution in [3.8, 4) is 0 Å². The second-order valence-electron chi connectivity index (χ2n) is 5.90. The molecule has 1 atom stereocenters. The van der Waals surface area contributed by atoms with Crippen molar-refractivity contribution in [2.75, 3.05) is 16.7 Å². The lowest BCUT2D eigenvalue weighted by molar-refractivity contribution is 0.322. The van der Waals surface area contributed by atoms with E-state index < -0.39 is 26.1 Å². The fourth-order valence-electron chi connectivity index (χ4n) is 2.68. The summed E-state index contributed by atoms with van der Waals surface area (Å²) < 4.78 is 56.6. The number of sulfonamides is 2. The number of rotatable bonds is 6. The van der Waals surface area contributed by atoms with Crippen LogP contribution in [0, 0.1) is 0 Å².